The van der Waals surface area contributed by atoms with E-state index in [1.807, 2.05) is 0 Å². The van der Waals surface area contributed by atoms with Crippen molar-refractivity contribution in [2.75, 3.05) is 26.4 Å². The normalized spacial score (nSPS) is 30.6. The van der Waals surface area contributed by atoms with Gasteiger partial charge in [0.05, 0.1) is 0 Å². The van der Waals surface area contributed by atoms with Gasteiger partial charge in [0.25, 0.3) is 0 Å². The fourth-order valence-electron chi connectivity index (χ4n) is 2.11. The molecular weight excluding hydrogens is 192 g/mol. The Kier molecular flexibility index (Phi) is 5.28. The van der Waals surface area contributed by atoms with Crippen LogP contribution in [0.1, 0.15) is 26.7 Å². The lowest BCUT2D eigenvalue weighted by molar-refractivity contribution is 0.318. The first-order chi connectivity index (χ1) is 6.59. The third-order valence-electron chi connectivity index (χ3n) is 2.74. The molecule has 1 N–H and O–H groups in total. The Morgan fingerprint density at radius 2 is 2.21 bits per heavy atom. The molecule has 0 spiro atoms. The van der Waals surface area contributed by atoms with Gasteiger partial charge in [0.2, 0.25) is 0 Å². The molecule has 1 aliphatic heterocycles. The van der Waals surface area contributed by atoms with Crippen molar-refractivity contribution in [2.45, 2.75) is 44.0 Å². The molecule has 3 unspecified atom stereocenters. The van der Waals surface area contributed by atoms with E-state index in [1.165, 1.54) is 18.6 Å². The Bertz CT molecular complexity index is 161. The minimum atomic E-state index is 0.608. The van der Waals surface area contributed by atoms with Crippen LogP contribution in [0.3, 0.4) is 0 Å². The zero-order valence-electron chi connectivity index (χ0n) is 9.92. The summed E-state index contributed by atoms with van der Waals surface area (Å²) in [5, 5.41) is 4.52. The van der Waals surface area contributed by atoms with Gasteiger partial charge < -0.3 is 10.2 Å². The van der Waals surface area contributed by atoms with Crippen molar-refractivity contribution < 1.29 is 0 Å². The molecule has 0 amide bonds. The van der Waals surface area contributed by atoms with Crippen molar-refractivity contribution in [3.63, 3.8) is 0 Å². The number of nitrogens with zero attached hydrogens (tertiary/aromatic N) is 1. The highest BCUT2D eigenvalue weighted by Crippen LogP contribution is 2.25. The molecule has 1 aliphatic rings. The van der Waals surface area contributed by atoms with E-state index in [0.717, 1.165) is 17.8 Å². The molecule has 1 saturated heterocycles. The Morgan fingerprint density at radius 1 is 1.50 bits per heavy atom. The number of thioether (sulfide) groups is 1. The number of hydrogen-bond donors (Lipinski definition) is 1. The average Bonchev–Trinajstić information content (AvgIpc) is 2.07. The summed E-state index contributed by atoms with van der Waals surface area (Å²) in [6.45, 7) is 5.77. The molecule has 0 bridgehead atoms. The topological polar surface area (TPSA) is 15.3 Å². The lowest BCUT2D eigenvalue weighted by atomic mass is 10.1. The SMILES string of the molecule is CC(CN(C)C)NC1CCCSC1C. The lowest BCUT2D eigenvalue weighted by Crippen LogP contribution is -2.47. The molecule has 3 atom stereocenters. The maximum atomic E-state index is 3.74. The quantitative estimate of drug-likeness (QED) is 0.771. The number of likely N-dealkylation sites (N-methyl/N-ethyl adjacent to an activating group) is 1. The van der Waals surface area contributed by atoms with Crippen LogP contribution in [0.5, 0.6) is 0 Å². The highest BCUT2D eigenvalue weighted by molar-refractivity contribution is 7.99. The van der Waals surface area contributed by atoms with Crippen LogP contribution in [-0.2, 0) is 0 Å². The van der Waals surface area contributed by atoms with Crippen LogP contribution in [0.15, 0.2) is 0 Å². The molecule has 0 aromatic rings. The van der Waals surface area contributed by atoms with Gasteiger partial charge in [0.15, 0.2) is 0 Å². The maximum absolute atomic E-state index is 3.74. The Morgan fingerprint density at radius 3 is 2.79 bits per heavy atom. The smallest absolute Gasteiger partial charge is 0.0187 e. The van der Waals surface area contributed by atoms with Gasteiger partial charge in [-0.2, -0.15) is 11.8 Å². The zero-order chi connectivity index (χ0) is 10.6. The maximum Gasteiger partial charge on any atom is 0.0187 e. The van der Waals surface area contributed by atoms with E-state index in [2.05, 4.69) is 49.9 Å². The number of rotatable bonds is 4. The molecule has 0 saturated carbocycles. The number of nitrogens with one attached hydrogen (secondary N) is 1. The fourth-order valence-corrected chi connectivity index (χ4v) is 3.26. The van der Waals surface area contributed by atoms with Gasteiger partial charge >= 0.3 is 0 Å². The summed E-state index contributed by atoms with van der Waals surface area (Å²) in [5.41, 5.74) is 0. The molecule has 84 valence electrons. The largest absolute Gasteiger partial charge is 0.309 e. The Labute approximate surface area is 92.8 Å². The molecule has 1 fully saturated rings. The van der Waals surface area contributed by atoms with Gasteiger partial charge in [0, 0.05) is 23.9 Å². The first-order valence-corrected chi connectivity index (χ1v) is 6.67. The first-order valence-electron chi connectivity index (χ1n) is 5.62. The highest BCUT2D eigenvalue weighted by Gasteiger charge is 2.22. The van der Waals surface area contributed by atoms with Gasteiger partial charge in [-0.15, -0.1) is 0 Å². The fraction of sp³-hybridized carbons (Fsp3) is 1.00. The monoisotopic (exact) mass is 216 g/mol. The Hall–Kier alpha value is 0.270. The molecule has 1 heterocycles. The predicted molar refractivity (Wildman–Crippen MR) is 66.1 cm³/mol. The van der Waals surface area contributed by atoms with Crippen molar-refractivity contribution in [3.8, 4) is 0 Å². The second-order valence-corrected chi connectivity index (χ2v) is 6.14. The van der Waals surface area contributed by atoms with E-state index < -0.39 is 0 Å². The van der Waals surface area contributed by atoms with E-state index >= 15 is 0 Å². The van der Waals surface area contributed by atoms with Gasteiger partial charge in [-0.3, -0.25) is 0 Å². The summed E-state index contributed by atoms with van der Waals surface area (Å²) in [4.78, 5) is 2.25. The lowest BCUT2D eigenvalue weighted by Gasteiger charge is -2.32. The average molecular weight is 216 g/mol. The van der Waals surface area contributed by atoms with Crippen LogP contribution in [0.4, 0.5) is 0 Å². The van der Waals surface area contributed by atoms with Gasteiger partial charge in [-0.25, -0.2) is 0 Å². The molecule has 14 heavy (non-hydrogen) atoms. The summed E-state index contributed by atoms with van der Waals surface area (Å²) in [7, 11) is 4.27. The van der Waals surface area contributed by atoms with E-state index in [4.69, 9.17) is 0 Å². The molecule has 1 rings (SSSR count). The van der Waals surface area contributed by atoms with Crippen molar-refractivity contribution in [1.82, 2.24) is 10.2 Å². The third-order valence-corrected chi connectivity index (χ3v) is 4.12. The van der Waals surface area contributed by atoms with Crippen LogP contribution < -0.4 is 5.32 Å². The Balaban J connectivity index is 2.27. The molecule has 0 aromatic carbocycles. The standard InChI is InChI=1S/C11H24N2S/c1-9(8-13(3)4)12-11-6-5-7-14-10(11)2/h9-12H,5-8H2,1-4H3. The van der Waals surface area contributed by atoms with Crippen LogP contribution in [-0.4, -0.2) is 48.6 Å². The van der Waals surface area contributed by atoms with E-state index in [0.29, 0.717) is 6.04 Å². The second-order valence-electron chi connectivity index (χ2n) is 4.65. The first kappa shape index (κ1) is 12.3. The highest BCUT2D eigenvalue weighted by atomic mass is 32.2. The zero-order valence-corrected chi connectivity index (χ0v) is 10.7. The molecule has 0 aromatic heterocycles. The molecule has 3 heteroatoms. The predicted octanol–water partition coefficient (Wildman–Crippen LogP) is 1.81. The molecule has 0 radical (unpaired) electrons. The molecule has 0 aliphatic carbocycles. The summed E-state index contributed by atoms with van der Waals surface area (Å²) < 4.78 is 0. The van der Waals surface area contributed by atoms with Crippen molar-refractivity contribution >= 4 is 11.8 Å². The minimum absolute atomic E-state index is 0.608. The van der Waals surface area contributed by atoms with Crippen LogP contribution >= 0.6 is 11.8 Å². The second kappa shape index (κ2) is 5.99. The van der Waals surface area contributed by atoms with E-state index in [1.54, 1.807) is 0 Å². The number of hydrogen-bond acceptors (Lipinski definition) is 3. The molecular formula is C11H24N2S. The molecule has 2 nitrogen and oxygen atoms in total. The summed E-state index contributed by atoms with van der Waals surface area (Å²) in [6.07, 6.45) is 2.73. The van der Waals surface area contributed by atoms with Crippen LogP contribution in [0.25, 0.3) is 0 Å². The van der Waals surface area contributed by atoms with E-state index in [-0.39, 0.29) is 0 Å². The van der Waals surface area contributed by atoms with Gasteiger partial charge in [0.1, 0.15) is 0 Å². The van der Waals surface area contributed by atoms with Gasteiger partial charge in [-0.1, -0.05) is 6.92 Å². The van der Waals surface area contributed by atoms with Gasteiger partial charge in [-0.05, 0) is 39.6 Å². The van der Waals surface area contributed by atoms with E-state index in [9.17, 15) is 0 Å². The summed E-state index contributed by atoms with van der Waals surface area (Å²) >= 11 is 2.11. The van der Waals surface area contributed by atoms with Crippen molar-refractivity contribution in [2.24, 2.45) is 0 Å². The van der Waals surface area contributed by atoms with Crippen molar-refractivity contribution in [3.05, 3.63) is 0 Å². The summed E-state index contributed by atoms with van der Waals surface area (Å²) in [6, 6.07) is 1.33. The summed E-state index contributed by atoms with van der Waals surface area (Å²) in [5.74, 6) is 1.35. The minimum Gasteiger partial charge on any atom is -0.309 e. The third kappa shape index (κ3) is 4.20. The van der Waals surface area contributed by atoms with Crippen LogP contribution in [0, 0.1) is 0 Å². The van der Waals surface area contributed by atoms with Crippen LogP contribution in [0.2, 0.25) is 0 Å². The van der Waals surface area contributed by atoms with Crippen molar-refractivity contribution in [1.29, 1.82) is 0 Å².